The van der Waals surface area contributed by atoms with Crippen molar-refractivity contribution >= 4 is 11.9 Å². The number of benzene rings is 1. The van der Waals surface area contributed by atoms with E-state index in [9.17, 15) is 17.6 Å². The maximum Gasteiger partial charge on any atom is 0.254 e. The highest BCUT2D eigenvalue weighted by Gasteiger charge is 2.20. The van der Waals surface area contributed by atoms with Crippen molar-refractivity contribution in [2.75, 3.05) is 26.8 Å². The molecule has 0 aliphatic rings. The van der Waals surface area contributed by atoms with Gasteiger partial charge in [-0.25, -0.2) is 0 Å². The fourth-order valence-corrected chi connectivity index (χ4v) is 1.91. The van der Waals surface area contributed by atoms with Crippen molar-refractivity contribution in [2.45, 2.75) is 0 Å². The summed E-state index contributed by atoms with van der Waals surface area (Å²) < 4.78 is 68.4. The summed E-state index contributed by atoms with van der Waals surface area (Å²) in [6.45, 7) is 0. The Labute approximate surface area is 140 Å². The third-order valence-electron chi connectivity index (χ3n) is 3.11. The molecule has 0 saturated heterocycles. The van der Waals surface area contributed by atoms with E-state index in [0.29, 0.717) is 22.8 Å². The van der Waals surface area contributed by atoms with E-state index in [1.165, 1.54) is 33.5 Å². The molecule has 25 heavy (non-hydrogen) atoms. The standard InChI is InChI=1S/C15H13F4N3O3/c1-23-8-5-10(25-3)9(24-2)4-7(8)6-20-22-13-11(16)14(18)21-15(19)12(13)17/h4-6H,1-3H3,(H,21,22)/b20-6-. The lowest BCUT2D eigenvalue weighted by Gasteiger charge is -2.12. The Morgan fingerprint density at radius 3 is 1.92 bits per heavy atom. The van der Waals surface area contributed by atoms with Gasteiger partial charge >= 0.3 is 0 Å². The summed E-state index contributed by atoms with van der Waals surface area (Å²) in [4.78, 5) is 2.44. The molecule has 1 aromatic heterocycles. The van der Waals surface area contributed by atoms with Gasteiger partial charge in [0.2, 0.25) is 11.6 Å². The molecule has 6 nitrogen and oxygen atoms in total. The van der Waals surface area contributed by atoms with Crippen LogP contribution in [0.5, 0.6) is 17.2 Å². The molecule has 1 N–H and O–H groups in total. The van der Waals surface area contributed by atoms with Gasteiger partial charge in [-0.2, -0.15) is 27.6 Å². The smallest absolute Gasteiger partial charge is 0.254 e. The summed E-state index contributed by atoms with van der Waals surface area (Å²) in [5, 5.41) is 3.56. The van der Waals surface area contributed by atoms with Crippen LogP contribution in [-0.2, 0) is 0 Å². The number of nitrogens with one attached hydrogen (secondary N) is 1. The van der Waals surface area contributed by atoms with Crippen LogP contribution in [0.25, 0.3) is 0 Å². The van der Waals surface area contributed by atoms with Crippen molar-refractivity contribution in [3.8, 4) is 17.2 Å². The summed E-state index contributed by atoms with van der Waals surface area (Å²) in [7, 11) is 4.24. The lowest BCUT2D eigenvalue weighted by Crippen LogP contribution is -2.06. The molecule has 2 rings (SSSR count). The molecule has 1 aromatic carbocycles. The molecular formula is C15H13F4N3O3. The van der Waals surface area contributed by atoms with E-state index in [-0.39, 0.29) is 0 Å². The lowest BCUT2D eigenvalue weighted by molar-refractivity contribution is 0.349. The van der Waals surface area contributed by atoms with Gasteiger partial charge in [-0.3, -0.25) is 5.43 Å². The fourth-order valence-electron chi connectivity index (χ4n) is 1.91. The first kappa shape index (κ1) is 18.3. The van der Waals surface area contributed by atoms with E-state index in [0.717, 1.165) is 6.21 Å². The Balaban J connectivity index is 2.35. The van der Waals surface area contributed by atoms with Crippen LogP contribution < -0.4 is 19.6 Å². The van der Waals surface area contributed by atoms with E-state index < -0.39 is 29.2 Å². The first-order valence-electron chi connectivity index (χ1n) is 6.72. The molecule has 2 aromatic rings. The molecule has 0 radical (unpaired) electrons. The number of hydrogen-bond donors (Lipinski definition) is 1. The number of halogens is 4. The molecule has 134 valence electrons. The highest BCUT2D eigenvalue weighted by Crippen LogP contribution is 2.33. The predicted molar refractivity (Wildman–Crippen MR) is 81.4 cm³/mol. The molecule has 0 unspecified atom stereocenters. The Morgan fingerprint density at radius 2 is 1.40 bits per heavy atom. The molecule has 0 aliphatic heterocycles. The molecule has 0 amide bonds. The third kappa shape index (κ3) is 3.73. The summed E-state index contributed by atoms with van der Waals surface area (Å²) >= 11 is 0. The van der Waals surface area contributed by atoms with Gasteiger partial charge in [0.25, 0.3) is 11.9 Å². The van der Waals surface area contributed by atoms with Crippen molar-refractivity contribution in [3.05, 3.63) is 41.2 Å². The van der Waals surface area contributed by atoms with Crippen molar-refractivity contribution in [1.82, 2.24) is 4.98 Å². The molecule has 0 spiro atoms. The first-order chi connectivity index (χ1) is 11.9. The van der Waals surface area contributed by atoms with Crippen molar-refractivity contribution in [1.29, 1.82) is 0 Å². The Kier molecular flexibility index (Phi) is 5.63. The quantitative estimate of drug-likeness (QED) is 0.372. The van der Waals surface area contributed by atoms with Gasteiger partial charge in [-0.05, 0) is 6.07 Å². The molecular weight excluding hydrogens is 346 g/mol. The van der Waals surface area contributed by atoms with Gasteiger partial charge in [0, 0.05) is 11.6 Å². The van der Waals surface area contributed by atoms with Crippen LogP contribution in [0.4, 0.5) is 23.2 Å². The van der Waals surface area contributed by atoms with E-state index in [2.05, 4.69) is 10.1 Å². The lowest BCUT2D eigenvalue weighted by atomic mass is 10.2. The number of nitrogens with zero attached hydrogens (tertiary/aromatic N) is 2. The number of pyridine rings is 1. The molecule has 10 heteroatoms. The van der Waals surface area contributed by atoms with Crippen LogP contribution >= 0.6 is 0 Å². The maximum absolute atomic E-state index is 13.5. The van der Waals surface area contributed by atoms with Crippen molar-refractivity contribution in [3.63, 3.8) is 0 Å². The molecule has 0 saturated carbocycles. The van der Waals surface area contributed by atoms with Crippen LogP contribution in [0.1, 0.15) is 5.56 Å². The molecule has 0 fully saturated rings. The zero-order chi connectivity index (χ0) is 18.6. The van der Waals surface area contributed by atoms with Crippen molar-refractivity contribution < 1.29 is 31.8 Å². The second-order valence-corrected chi connectivity index (χ2v) is 4.52. The van der Waals surface area contributed by atoms with Gasteiger partial charge in [-0.1, -0.05) is 0 Å². The van der Waals surface area contributed by atoms with Gasteiger partial charge in [-0.15, -0.1) is 0 Å². The number of hydrogen-bond acceptors (Lipinski definition) is 6. The summed E-state index contributed by atoms with van der Waals surface area (Å²) in [5.74, 6) is -5.93. The zero-order valence-electron chi connectivity index (χ0n) is 13.4. The van der Waals surface area contributed by atoms with Crippen LogP contribution in [0.2, 0.25) is 0 Å². The average Bonchev–Trinajstić information content (AvgIpc) is 2.62. The normalized spacial score (nSPS) is 10.8. The molecule has 0 bridgehead atoms. The number of ether oxygens (including phenoxy) is 3. The molecule has 0 aliphatic carbocycles. The van der Waals surface area contributed by atoms with E-state index in [1.807, 2.05) is 5.43 Å². The number of methoxy groups -OCH3 is 3. The highest BCUT2D eigenvalue weighted by atomic mass is 19.2. The van der Waals surface area contributed by atoms with Crippen LogP contribution in [0, 0.1) is 23.5 Å². The summed E-state index contributed by atoms with van der Waals surface area (Å²) in [5.41, 5.74) is 1.14. The van der Waals surface area contributed by atoms with E-state index in [1.54, 1.807) is 0 Å². The average molecular weight is 359 g/mol. The van der Waals surface area contributed by atoms with Gasteiger partial charge in [0.05, 0.1) is 27.5 Å². The van der Waals surface area contributed by atoms with E-state index in [4.69, 9.17) is 14.2 Å². The molecule has 1 heterocycles. The number of rotatable bonds is 6. The topological polar surface area (TPSA) is 65.0 Å². The second-order valence-electron chi connectivity index (χ2n) is 4.52. The number of hydrazone groups is 1. The van der Waals surface area contributed by atoms with Crippen LogP contribution in [0.3, 0.4) is 0 Å². The van der Waals surface area contributed by atoms with Crippen LogP contribution in [0.15, 0.2) is 17.2 Å². The van der Waals surface area contributed by atoms with Gasteiger partial charge < -0.3 is 14.2 Å². The van der Waals surface area contributed by atoms with Crippen molar-refractivity contribution in [2.24, 2.45) is 5.10 Å². The highest BCUT2D eigenvalue weighted by molar-refractivity contribution is 5.85. The largest absolute Gasteiger partial charge is 0.496 e. The SMILES string of the molecule is COc1cc(OC)c(OC)cc1/C=N\Nc1c(F)c(F)nc(F)c1F. The minimum atomic E-state index is -1.79. The Bertz CT molecular complexity index is 789. The second kappa shape index (κ2) is 7.69. The Morgan fingerprint density at radius 1 is 0.880 bits per heavy atom. The minimum Gasteiger partial charge on any atom is -0.496 e. The zero-order valence-corrected chi connectivity index (χ0v) is 13.4. The molecule has 0 atom stereocenters. The third-order valence-corrected chi connectivity index (χ3v) is 3.11. The van der Waals surface area contributed by atoms with Gasteiger partial charge in [0.15, 0.2) is 11.5 Å². The maximum atomic E-state index is 13.5. The Hall–Kier alpha value is -3.04. The predicted octanol–water partition coefficient (Wildman–Crippen LogP) is 3.11. The number of anilines is 1. The number of aromatic nitrogens is 1. The first-order valence-corrected chi connectivity index (χ1v) is 6.72. The fraction of sp³-hybridized carbons (Fsp3) is 0.200. The monoisotopic (exact) mass is 359 g/mol. The summed E-state index contributed by atoms with van der Waals surface area (Å²) in [6, 6.07) is 3.00. The van der Waals surface area contributed by atoms with E-state index >= 15 is 0 Å². The van der Waals surface area contributed by atoms with Gasteiger partial charge in [0.1, 0.15) is 11.4 Å². The van der Waals surface area contributed by atoms with Crippen LogP contribution in [-0.4, -0.2) is 32.5 Å². The summed E-state index contributed by atoms with van der Waals surface area (Å²) in [6.07, 6.45) is 1.12. The minimum absolute atomic E-state index is 0.316.